The first-order valence-corrected chi connectivity index (χ1v) is 6.05. The van der Waals surface area contributed by atoms with Crippen LogP contribution in [0.15, 0.2) is 24.3 Å². The lowest BCUT2D eigenvalue weighted by molar-refractivity contribution is -0.0498. The van der Waals surface area contributed by atoms with Crippen molar-refractivity contribution in [2.75, 3.05) is 13.1 Å². The van der Waals surface area contributed by atoms with Crippen LogP contribution in [0.4, 0.5) is 8.78 Å². The number of nitrogens with one attached hydrogen (secondary N) is 2. The summed E-state index contributed by atoms with van der Waals surface area (Å²) in [5.74, 6) is -0.206. The molecule has 0 fully saturated rings. The molecule has 0 radical (unpaired) electrons. The molecule has 0 aliphatic rings. The molecule has 106 valence electrons. The Morgan fingerprint density at radius 2 is 1.84 bits per heavy atom. The average Bonchev–Trinajstić information content (AvgIpc) is 2.34. The molecule has 4 nitrogen and oxygen atoms in total. The lowest BCUT2D eigenvalue weighted by Crippen LogP contribution is -2.34. The number of hydrogen-bond acceptors (Lipinski definition) is 3. The Balaban J connectivity index is 2.40. The van der Waals surface area contributed by atoms with E-state index in [0.717, 1.165) is 0 Å². The zero-order valence-corrected chi connectivity index (χ0v) is 11.0. The molecule has 0 aliphatic carbocycles. The summed E-state index contributed by atoms with van der Waals surface area (Å²) in [4.78, 5) is 11.7. The molecule has 0 atom stereocenters. The Morgan fingerprint density at radius 3 is 2.37 bits per heavy atom. The number of ether oxygens (including phenoxy) is 1. The van der Waals surface area contributed by atoms with Crippen LogP contribution in [0.2, 0.25) is 0 Å². The minimum Gasteiger partial charge on any atom is -0.435 e. The van der Waals surface area contributed by atoms with Gasteiger partial charge in [0.2, 0.25) is 0 Å². The minimum absolute atomic E-state index is 0.0352. The fraction of sp³-hybridized carbons (Fsp3) is 0.462. The second-order valence-corrected chi connectivity index (χ2v) is 4.27. The van der Waals surface area contributed by atoms with Crippen molar-refractivity contribution in [1.82, 2.24) is 10.6 Å². The van der Waals surface area contributed by atoms with Crippen LogP contribution in [0, 0.1) is 0 Å². The Labute approximate surface area is 111 Å². The van der Waals surface area contributed by atoms with Crippen molar-refractivity contribution in [1.29, 1.82) is 0 Å². The van der Waals surface area contributed by atoms with Gasteiger partial charge in [0.05, 0.1) is 0 Å². The number of rotatable bonds is 7. The van der Waals surface area contributed by atoms with Crippen LogP contribution in [0.3, 0.4) is 0 Å². The predicted octanol–water partition coefficient (Wildman–Crippen LogP) is 2.02. The van der Waals surface area contributed by atoms with Crippen molar-refractivity contribution in [2.45, 2.75) is 26.5 Å². The highest BCUT2D eigenvalue weighted by Crippen LogP contribution is 2.14. The van der Waals surface area contributed by atoms with Crippen molar-refractivity contribution in [3.8, 4) is 5.75 Å². The summed E-state index contributed by atoms with van der Waals surface area (Å²) in [5.41, 5.74) is 0.408. The summed E-state index contributed by atoms with van der Waals surface area (Å²) < 4.78 is 28.1. The maximum absolute atomic E-state index is 11.9. The van der Waals surface area contributed by atoms with Crippen molar-refractivity contribution < 1.29 is 18.3 Å². The van der Waals surface area contributed by atoms with Gasteiger partial charge >= 0.3 is 6.61 Å². The summed E-state index contributed by atoms with van der Waals surface area (Å²) >= 11 is 0. The largest absolute Gasteiger partial charge is 0.435 e. The lowest BCUT2D eigenvalue weighted by Gasteiger charge is -2.09. The smallest absolute Gasteiger partial charge is 0.387 e. The van der Waals surface area contributed by atoms with Gasteiger partial charge in [-0.05, 0) is 24.3 Å². The van der Waals surface area contributed by atoms with E-state index in [1.165, 1.54) is 24.3 Å². The molecule has 0 heterocycles. The van der Waals surface area contributed by atoms with Gasteiger partial charge in [0.15, 0.2) is 0 Å². The Kier molecular flexibility index (Phi) is 6.21. The molecule has 1 aromatic carbocycles. The quantitative estimate of drug-likeness (QED) is 0.747. The second-order valence-electron chi connectivity index (χ2n) is 4.27. The summed E-state index contributed by atoms with van der Waals surface area (Å²) in [7, 11) is 0. The molecule has 0 saturated heterocycles. The Bertz CT molecular complexity index is 394. The molecular weight excluding hydrogens is 254 g/mol. The van der Waals surface area contributed by atoms with Crippen LogP contribution in [-0.4, -0.2) is 31.7 Å². The lowest BCUT2D eigenvalue weighted by atomic mass is 10.2. The van der Waals surface area contributed by atoms with Crippen LogP contribution in [0.25, 0.3) is 0 Å². The molecule has 1 rings (SSSR count). The predicted molar refractivity (Wildman–Crippen MR) is 68.5 cm³/mol. The van der Waals surface area contributed by atoms with Gasteiger partial charge in [-0.2, -0.15) is 8.78 Å². The zero-order valence-electron chi connectivity index (χ0n) is 11.0. The number of carbonyl (C=O) groups is 1. The molecular formula is C13H18F2N2O2. The van der Waals surface area contributed by atoms with E-state index in [1.54, 1.807) is 0 Å². The van der Waals surface area contributed by atoms with Crippen molar-refractivity contribution in [2.24, 2.45) is 0 Å². The van der Waals surface area contributed by atoms with E-state index < -0.39 is 6.61 Å². The molecule has 0 aliphatic heterocycles. The number of alkyl halides is 2. The highest BCUT2D eigenvalue weighted by molar-refractivity contribution is 5.94. The summed E-state index contributed by atoms with van der Waals surface area (Å²) in [6.07, 6.45) is 0. The number of benzene rings is 1. The topological polar surface area (TPSA) is 50.4 Å². The molecule has 0 aromatic heterocycles. The fourth-order valence-corrected chi connectivity index (χ4v) is 1.43. The van der Waals surface area contributed by atoms with E-state index in [4.69, 9.17) is 0 Å². The van der Waals surface area contributed by atoms with E-state index in [9.17, 15) is 13.6 Å². The monoisotopic (exact) mass is 272 g/mol. The first-order valence-electron chi connectivity index (χ1n) is 6.05. The number of hydrogen-bond donors (Lipinski definition) is 2. The summed E-state index contributed by atoms with van der Waals surface area (Å²) in [5, 5.41) is 5.89. The Hall–Kier alpha value is -1.69. The highest BCUT2D eigenvalue weighted by Gasteiger charge is 2.07. The van der Waals surface area contributed by atoms with Gasteiger partial charge < -0.3 is 15.4 Å². The fourth-order valence-electron chi connectivity index (χ4n) is 1.43. The molecule has 6 heteroatoms. The molecule has 0 saturated carbocycles. The van der Waals surface area contributed by atoms with Gasteiger partial charge in [0, 0.05) is 24.7 Å². The first-order chi connectivity index (χ1) is 8.99. The van der Waals surface area contributed by atoms with Crippen LogP contribution in [-0.2, 0) is 0 Å². The van der Waals surface area contributed by atoms with Crippen molar-refractivity contribution in [3.63, 3.8) is 0 Å². The van der Waals surface area contributed by atoms with E-state index in [0.29, 0.717) is 24.7 Å². The molecule has 0 spiro atoms. The third-order valence-corrected chi connectivity index (χ3v) is 2.30. The average molecular weight is 272 g/mol. The molecule has 1 amide bonds. The van der Waals surface area contributed by atoms with Crippen molar-refractivity contribution in [3.05, 3.63) is 29.8 Å². The van der Waals surface area contributed by atoms with E-state index in [-0.39, 0.29) is 11.7 Å². The molecule has 19 heavy (non-hydrogen) atoms. The van der Waals surface area contributed by atoms with Crippen LogP contribution >= 0.6 is 0 Å². The molecule has 1 aromatic rings. The number of amides is 1. The zero-order chi connectivity index (χ0) is 14.3. The standard InChI is InChI=1S/C13H18F2N2O2/c1-9(2)16-7-8-17-12(18)10-3-5-11(6-4-10)19-13(14)15/h3-6,9,13,16H,7-8H2,1-2H3,(H,17,18). The SMILES string of the molecule is CC(C)NCCNC(=O)c1ccc(OC(F)F)cc1. The normalized spacial score (nSPS) is 10.8. The van der Waals surface area contributed by atoms with E-state index in [1.807, 2.05) is 13.8 Å². The first kappa shape index (κ1) is 15.4. The molecule has 0 bridgehead atoms. The summed E-state index contributed by atoms with van der Waals surface area (Å²) in [6, 6.07) is 5.94. The maximum atomic E-state index is 11.9. The van der Waals surface area contributed by atoms with Gasteiger partial charge in [-0.25, -0.2) is 0 Å². The van der Waals surface area contributed by atoms with Gasteiger partial charge in [-0.3, -0.25) is 4.79 Å². The minimum atomic E-state index is -2.86. The van der Waals surface area contributed by atoms with Gasteiger partial charge in [0.25, 0.3) is 5.91 Å². The highest BCUT2D eigenvalue weighted by atomic mass is 19.3. The number of halogens is 2. The third-order valence-electron chi connectivity index (χ3n) is 2.30. The maximum Gasteiger partial charge on any atom is 0.387 e. The van der Waals surface area contributed by atoms with Crippen molar-refractivity contribution >= 4 is 5.91 Å². The van der Waals surface area contributed by atoms with Crippen LogP contribution < -0.4 is 15.4 Å². The molecule has 2 N–H and O–H groups in total. The van der Waals surface area contributed by atoms with E-state index in [2.05, 4.69) is 15.4 Å². The van der Waals surface area contributed by atoms with Gasteiger partial charge in [-0.15, -0.1) is 0 Å². The van der Waals surface area contributed by atoms with E-state index >= 15 is 0 Å². The number of carbonyl (C=O) groups excluding carboxylic acids is 1. The van der Waals surface area contributed by atoms with Crippen LogP contribution in [0.1, 0.15) is 24.2 Å². The van der Waals surface area contributed by atoms with Gasteiger partial charge in [-0.1, -0.05) is 13.8 Å². The molecule has 0 unspecified atom stereocenters. The summed E-state index contributed by atoms with van der Waals surface area (Å²) in [6.45, 7) is 2.36. The third kappa shape index (κ3) is 6.15. The second kappa shape index (κ2) is 7.68. The van der Waals surface area contributed by atoms with Crippen LogP contribution in [0.5, 0.6) is 5.75 Å². The Morgan fingerprint density at radius 1 is 1.21 bits per heavy atom. The van der Waals surface area contributed by atoms with Gasteiger partial charge in [0.1, 0.15) is 5.75 Å².